The molecule has 1 amide bonds. The Balaban J connectivity index is 2.03. The van der Waals surface area contributed by atoms with Gasteiger partial charge in [-0.1, -0.05) is 37.3 Å². The van der Waals surface area contributed by atoms with E-state index in [2.05, 4.69) is 29.3 Å². The van der Waals surface area contributed by atoms with Gasteiger partial charge in [0.05, 0.1) is 6.04 Å². The topological polar surface area (TPSA) is 32.3 Å². The zero-order valence-electron chi connectivity index (χ0n) is 9.65. The molecule has 1 unspecified atom stereocenters. The van der Waals surface area contributed by atoms with Gasteiger partial charge in [-0.2, -0.15) is 0 Å². The number of nitrogens with zero attached hydrogens (tertiary/aromatic N) is 1. The predicted octanol–water partition coefficient (Wildman–Crippen LogP) is 1.40. The van der Waals surface area contributed by atoms with Gasteiger partial charge < -0.3 is 5.32 Å². The van der Waals surface area contributed by atoms with Crippen LogP contribution in [0.2, 0.25) is 0 Å². The molecule has 0 radical (unpaired) electrons. The maximum atomic E-state index is 11.6. The number of hydrogen-bond acceptors (Lipinski definition) is 2. The van der Waals surface area contributed by atoms with E-state index in [1.165, 1.54) is 5.56 Å². The van der Waals surface area contributed by atoms with Crippen molar-refractivity contribution in [2.24, 2.45) is 0 Å². The van der Waals surface area contributed by atoms with Crippen LogP contribution >= 0.6 is 0 Å². The van der Waals surface area contributed by atoms with Crippen LogP contribution in [0.5, 0.6) is 0 Å². The molecule has 16 heavy (non-hydrogen) atoms. The molecule has 1 fully saturated rings. The van der Waals surface area contributed by atoms with Crippen molar-refractivity contribution in [3.05, 3.63) is 35.9 Å². The molecule has 2 rings (SSSR count). The van der Waals surface area contributed by atoms with E-state index in [4.69, 9.17) is 0 Å². The van der Waals surface area contributed by atoms with E-state index in [1.54, 1.807) is 0 Å². The Morgan fingerprint density at radius 3 is 2.69 bits per heavy atom. The third kappa shape index (κ3) is 2.42. The van der Waals surface area contributed by atoms with Gasteiger partial charge >= 0.3 is 0 Å². The van der Waals surface area contributed by atoms with Crippen LogP contribution in [0.15, 0.2) is 30.3 Å². The molecular formula is C13H18N2O. The molecule has 3 nitrogen and oxygen atoms in total. The van der Waals surface area contributed by atoms with Crippen LogP contribution in [0.4, 0.5) is 0 Å². The smallest absolute Gasteiger partial charge is 0.237 e. The van der Waals surface area contributed by atoms with E-state index in [0.29, 0.717) is 0 Å². The number of carbonyl (C=O) groups excluding carboxylic acids is 1. The number of amides is 1. The first-order chi connectivity index (χ1) is 7.81. The third-order valence-corrected chi connectivity index (χ3v) is 3.10. The van der Waals surface area contributed by atoms with Gasteiger partial charge in [0, 0.05) is 13.1 Å². The van der Waals surface area contributed by atoms with Crippen molar-refractivity contribution >= 4 is 5.91 Å². The van der Waals surface area contributed by atoms with Crippen LogP contribution in [0.25, 0.3) is 0 Å². The first-order valence-corrected chi connectivity index (χ1v) is 5.87. The minimum Gasteiger partial charge on any atom is -0.355 e. The summed E-state index contributed by atoms with van der Waals surface area (Å²) in [7, 11) is 0. The summed E-state index contributed by atoms with van der Waals surface area (Å²) in [6.07, 6.45) is 0.930. The SMILES string of the molecule is CCN(Cc1ccccc1)C1CCNC1=O. The Morgan fingerprint density at radius 2 is 2.12 bits per heavy atom. The summed E-state index contributed by atoms with van der Waals surface area (Å²) in [6, 6.07) is 10.4. The van der Waals surface area contributed by atoms with E-state index in [1.807, 2.05) is 18.2 Å². The highest BCUT2D eigenvalue weighted by Gasteiger charge is 2.28. The Kier molecular flexibility index (Phi) is 3.57. The fraction of sp³-hybridized carbons (Fsp3) is 0.462. The number of carbonyl (C=O) groups is 1. The largest absolute Gasteiger partial charge is 0.355 e. The molecule has 86 valence electrons. The molecule has 1 aliphatic heterocycles. The molecule has 0 saturated carbocycles. The summed E-state index contributed by atoms with van der Waals surface area (Å²) < 4.78 is 0. The van der Waals surface area contributed by atoms with Crippen molar-refractivity contribution in [1.82, 2.24) is 10.2 Å². The van der Waals surface area contributed by atoms with Gasteiger partial charge in [-0.25, -0.2) is 0 Å². The van der Waals surface area contributed by atoms with Crippen LogP contribution in [-0.4, -0.2) is 29.9 Å². The molecule has 0 spiro atoms. The maximum absolute atomic E-state index is 11.6. The highest BCUT2D eigenvalue weighted by Crippen LogP contribution is 2.13. The normalized spacial score (nSPS) is 20.1. The Morgan fingerprint density at radius 1 is 1.38 bits per heavy atom. The monoisotopic (exact) mass is 218 g/mol. The predicted molar refractivity (Wildman–Crippen MR) is 63.9 cm³/mol. The van der Waals surface area contributed by atoms with E-state index in [9.17, 15) is 4.79 Å². The van der Waals surface area contributed by atoms with Crippen molar-refractivity contribution in [2.75, 3.05) is 13.1 Å². The summed E-state index contributed by atoms with van der Waals surface area (Å²) in [5.74, 6) is 0.179. The van der Waals surface area contributed by atoms with Gasteiger partial charge in [0.2, 0.25) is 5.91 Å². The van der Waals surface area contributed by atoms with Crippen LogP contribution < -0.4 is 5.32 Å². The van der Waals surface area contributed by atoms with Crippen LogP contribution in [0, 0.1) is 0 Å². The fourth-order valence-corrected chi connectivity index (χ4v) is 2.19. The van der Waals surface area contributed by atoms with Gasteiger partial charge in [0.15, 0.2) is 0 Å². The molecule has 1 saturated heterocycles. The molecule has 1 N–H and O–H groups in total. The van der Waals surface area contributed by atoms with E-state index in [0.717, 1.165) is 26.1 Å². The molecule has 1 aromatic rings. The first-order valence-electron chi connectivity index (χ1n) is 5.87. The van der Waals surface area contributed by atoms with Crippen LogP contribution in [0.3, 0.4) is 0 Å². The lowest BCUT2D eigenvalue weighted by atomic mass is 10.1. The molecule has 3 heteroatoms. The molecule has 1 aliphatic rings. The standard InChI is InChI=1S/C13H18N2O/c1-2-15(12-8-9-14-13(12)16)10-11-6-4-3-5-7-11/h3-7,12H,2,8-10H2,1H3,(H,14,16). The maximum Gasteiger partial charge on any atom is 0.237 e. The van der Waals surface area contributed by atoms with E-state index in [-0.39, 0.29) is 11.9 Å². The third-order valence-electron chi connectivity index (χ3n) is 3.10. The number of rotatable bonds is 4. The van der Waals surface area contributed by atoms with Gasteiger partial charge in [0.25, 0.3) is 0 Å². The highest BCUT2D eigenvalue weighted by molar-refractivity contribution is 5.83. The average Bonchev–Trinajstić information content (AvgIpc) is 2.74. The van der Waals surface area contributed by atoms with Crippen molar-refractivity contribution in [2.45, 2.75) is 25.9 Å². The van der Waals surface area contributed by atoms with E-state index < -0.39 is 0 Å². The Bertz CT molecular complexity index is 350. The first kappa shape index (κ1) is 11.1. The number of likely N-dealkylation sites (N-methyl/N-ethyl adjacent to an activating group) is 1. The quantitative estimate of drug-likeness (QED) is 0.828. The Labute approximate surface area is 96.5 Å². The highest BCUT2D eigenvalue weighted by atomic mass is 16.2. The Hall–Kier alpha value is -1.35. The lowest BCUT2D eigenvalue weighted by Crippen LogP contribution is -2.40. The van der Waals surface area contributed by atoms with Gasteiger partial charge in [-0.05, 0) is 18.5 Å². The molecule has 0 aromatic heterocycles. The second kappa shape index (κ2) is 5.12. The molecule has 0 aliphatic carbocycles. The van der Waals surface area contributed by atoms with Gasteiger partial charge in [-0.3, -0.25) is 9.69 Å². The minimum atomic E-state index is 0.0604. The summed E-state index contributed by atoms with van der Waals surface area (Å²) in [4.78, 5) is 13.8. The minimum absolute atomic E-state index is 0.0604. The lowest BCUT2D eigenvalue weighted by Gasteiger charge is -2.25. The second-order valence-corrected chi connectivity index (χ2v) is 4.14. The lowest BCUT2D eigenvalue weighted by molar-refractivity contribution is -0.123. The van der Waals surface area contributed by atoms with Gasteiger partial charge in [-0.15, -0.1) is 0 Å². The van der Waals surface area contributed by atoms with Crippen LogP contribution in [-0.2, 0) is 11.3 Å². The van der Waals surface area contributed by atoms with E-state index >= 15 is 0 Å². The fourth-order valence-electron chi connectivity index (χ4n) is 2.19. The van der Waals surface area contributed by atoms with Crippen molar-refractivity contribution < 1.29 is 4.79 Å². The summed E-state index contributed by atoms with van der Waals surface area (Å²) >= 11 is 0. The molecule has 1 heterocycles. The molecule has 0 bridgehead atoms. The molecular weight excluding hydrogens is 200 g/mol. The zero-order chi connectivity index (χ0) is 11.4. The van der Waals surface area contributed by atoms with Crippen molar-refractivity contribution in [3.8, 4) is 0 Å². The zero-order valence-corrected chi connectivity index (χ0v) is 9.65. The summed E-state index contributed by atoms with van der Waals surface area (Å²) in [6.45, 7) is 4.69. The molecule has 1 atom stereocenters. The average molecular weight is 218 g/mol. The molecule has 1 aromatic carbocycles. The van der Waals surface area contributed by atoms with Gasteiger partial charge in [0.1, 0.15) is 0 Å². The van der Waals surface area contributed by atoms with Crippen molar-refractivity contribution in [3.63, 3.8) is 0 Å². The summed E-state index contributed by atoms with van der Waals surface area (Å²) in [5.41, 5.74) is 1.27. The second-order valence-electron chi connectivity index (χ2n) is 4.14. The number of nitrogens with one attached hydrogen (secondary N) is 1. The summed E-state index contributed by atoms with van der Waals surface area (Å²) in [5, 5.41) is 2.89. The van der Waals surface area contributed by atoms with Crippen molar-refractivity contribution in [1.29, 1.82) is 0 Å². The number of benzene rings is 1. The van der Waals surface area contributed by atoms with Crippen LogP contribution in [0.1, 0.15) is 18.9 Å². The number of hydrogen-bond donors (Lipinski definition) is 1.